The average Bonchev–Trinajstić information content (AvgIpc) is 2.55. The first kappa shape index (κ1) is 16.0. The number of rotatable bonds is 5. The van der Waals surface area contributed by atoms with E-state index in [2.05, 4.69) is 75.0 Å². The van der Waals surface area contributed by atoms with Gasteiger partial charge in [-0.15, -0.1) is 0 Å². The van der Waals surface area contributed by atoms with E-state index in [-0.39, 0.29) is 0 Å². The normalized spacial score (nSPS) is 12.1. The molecule has 0 N–H and O–H groups in total. The molecular weight excluding hydrogens is 264 g/mol. The van der Waals surface area contributed by atoms with E-state index in [1.54, 1.807) is 0 Å². The lowest BCUT2D eigenvalue weighted by Crippen LogP contribution is -1.87. The van der Waals surface area contributed by atoms with Crippen LogP contribution in [0.2, 0.25) is 0 Å². The fraction of sp³-hybridized carbons (Fsp3) is 0.182. The highest BCUT2D eigenvalue weighted by molar-refractivity contribution is 5.77. The van der Waals surface area contributed by atoms with E-state index in [0.29, 0.717) is 5.92 Å². The van der Waals surface area contributed by atoms with Crippen LogP contribution in [-0.2, 0) is 0 Å². The molecule has 0 aromatic heterocycles. The van der Waals surface area contributed by atoms with Crippen molar-refractivity contribution in [2.75, 3.05) is 0 Å². The van der Waals surface area contributed by atoms with Crippen molar-refractivity contribution < 1.29 is 0 Å². The molecule has 2 aromatic rings. The molecule has 0 unspecified atom stereocenters. The molecule has 0 heterocycles. The third kappa shape index (κ3) is 3.85. The van der Waals surface area contributed by atoms with E-state index in [0.717, 1.165) is 0 Å². The van der Waals surface area contributed by atoms with Crippen molar-refractivity contribution in [2.45, 2.75) is 26.7 Å². The minimum absolute atomic E-state index is 0.573. The van der Waals surface area contributed by atoms with Gasteiger partial charge in [-0.3, -0.25) is 0 Å². The number of benzene rings is 2. The monoisotopic (exact) mass is 288 g/mol. The molecular formula is C22H24. The Morgan fingerprint density at radius 3 is 1.91 bits per heavy atom. The van der Waals surface area contributed by atoms with Crippen molar-refractivity contribution in [3.05, 3.63) is 90.5 Å². The summed E-state index contributed by atoms with van der Waals surface area (Å²) >= 11 is 0. The third-order valence-corrected chi connectivity index (χ3v) is 3.77. The molecule has 0 heteroatoms. The lowest BCUT2D eigenvalue weighted by Gasteiger charge is -2.08. The van der Waals surface area contributed by atoms with E-state index in [9.17, 15) is 0 Å². The molecule has 0 amide bonds. The molecule has 0 nitrogen and oxygen atoms in total. The van der Waals surface area contributed by atoms with Gasteiger partial charge in [-0.1, -0.05) is 93.3 Å². The Bertz CT molecular complexity index is 665. The minimum atomic E-state index is 0.573. The Hall–Kier alpha value is -2.34. The van der Waals surface area contributed by atoms with Gasteiger partial charge in [0.15, 0.2) is 0 Å². The Balaban J connectivity index is 2.28. The van der Waals surface area contributed by atoms with E-state index in [1.807, 2.05) is 25.2 Å². The highest BCUT2D eigenvalue weighted by atomic mass is 14.1. The maximum Gasteiger partial charge on any atom is -0.0184 e. The smallest absolute Gasteiger partial charge is 0.0184 e. The average molecular weight is 288 g/mol. The number of hydrogen-bond acceptors (Lipinski definition) is 0. The largest absolute Gasteiger partial charge is 0.0990 e. The molecule has 0 fully saturated rings. The highest BCUT2D eigenvalue weighted by Gasteiger charge is 2.02. The van der Waals surface area contributed by atoms with E-state index in [1.165, 1.54) is 27.8 Å². The van der Waals surface area contributed by atoms with Crippen LogP contribution in [0.15, 0.2) is 79.4 Å². The maximum atomic E-state index is 3.79. The van der Waals surface area contributed by atoms with Crippen molar-refractivity contribution in [2.24, 2.45) is 0 Å². The number of hydrogen-bond donors (Lipinski definition) is 0. The first-order valence-electron chi connectivity index (χ1n) is 7.82. The Labute approximate surface area is 134 Å². The Morgan fingerprint density at radius 2 is 1.45 bits per heavy atom. The summed E-state index contributed by atoms with van der Waals surface area (Å²) < 4.78 is 0. The summed E-state index contributed by atoms with van der Waals surface area (Å²) in [5.74, 6) is 0.573. The van der Waals surface area contributed by atoms with Gasteiger partial charge in [0, 0.05) is 0 Å². The van der Waals surface area contributed by atoms with Gasteiger partial charge in [0.2, 0.25) is 0 Å². The van der Waals surface area contributed by atoms with Crippen LogP contribution in [0.4, 0.5) is 0 Å². The molecule has 0 aliphatic heterocycles. The topological polar surface area (TPSA) is 0 Å². The molecule has 0 saturated carbocycles. The molecule has 112 valence electrons. The van der Waals surface area contributed by atoms with E-state index < -0.39 is 0 Å². The van der Waals surface area contributed by atoms with Crippen molar-refractivity contribution in [1.29, 1.82) is 0 Å². The SMILES string of the molecule is C=C/C=C(\C=C/C)c1ccc(-c2ccc(C(C)C)cc2)cc1. The Kier molecular flexibility index (Phi) is 5.55. The predicted octanol–water partition coefficient (Wildman–Crippen LogP) is 6.62. The standard InChI is InChI=1S/C22H24/c1-5-7-19(8-6-2)20-13-15-22(16-14-20)21-11-9-18(10-12-21)17(3)4/h5-17H,1H2,2-4H3/b8-6-,19-7+. The van der Waals surface area contributed by atoms with Gasteiger partial charge >= 0.3 is 0 Å². The molecule has 2 aromatic carbocycles. The van der Waals surface area contributed by atoms with Crippen molar-refractivity contribution in [3.8, 4) is 11.1 Å². The lowest BCUT2D eigenvalue weighted by atomic mass is 9.97. The zero-order valence-corrected chi connectivity index (χ0v) is 13.7. The van der Waals surface area contributed by atoms with Crippen LogP contribution in [0.3, 0.4) is 0 Å². The first-order chi connectivity index (χ1) is 10.7. The van der Waals surface area contributed by atoms with Crippen LogP contribution in [0, 0.1) is 0 Å². The summed E-state index contributed by atoms with van der Waals surface area (Å²) in [6.07, 6.45) is 8.02. The summed E-state index contributed by atoms with van der Waals surface area (Å²) in [4.78, 5) is 0. The van der Waals surface area contributed by atoms with Crippen LogP contribution < -0.4 is 0 Å². The molecule has 0 aliphatic rings. The summed E-state index contributed by atoms with van der Waals surface area (Å²) in [6.45, 7) is 10.3. The van der Waals surface area contributed by atoms with Crippen LogP contribution in [0.25, 0.3) is 16.7 Å². The maximum absolute atomic E-state index is 3.79. The van der Waals surface area contributed by atoms with Gasteiger partial charge in [0.05, 0.1) is 0 Å². The molecule has 0 bridgehead atoms. The van der Waals surface area contributed by atoms with Gasteiger partial charge in [0.1, 0.15) is 0 Å². The van der Waals surface area contributed by atoms with Crippen LogP contribution in [0.5, 0.6) is 0 Å². The highest BCUT2D eigenvalue weighted by Crippen LogP contribution is 2.25. The molecule has 0 spiro atoms. The molecule has 0 radical (unpaired) electrons. The number of allylic oxidation sites excluding steroid dienone is 5. The summed E-state index contributed by atoms with van der Waals surface area (Å²) in [6, 6.07) is 17.5. The fourth-order valence-corrected chi connectivity index (χ4v) is 2.47. The van der Waals surface area contributed by atoms with Crippen molar-refractivity contribution >= 4 is 5.57 Å². The summed E-state index contributed by atoms with van der Waals surface area (Å²) in [5, 5.41) is 0. The van der Waals surface area contributed by atoms with Gasteiger partial charge in [-0.2, -0.15) is 0 Å². The zero-order chi connectivity index (χ0) is 15.9. The second kappa shape index (κ2) is 7.61. The second-order valence-corrected chi connectivity index (χ2v) is 5.71. The minimum Gasteiger partial charge on any atom is -0.0990 e. The molecule has 0 saturated heterocycles. The van der Waals surface area contributed by atoms with Gasteiger partial charge in [0.25, 0.3) is 0 Å². The third-order valence-electron chi connectivity index (χ3n) is 3.77. The van der Waals surface area contributed by atoms with E-state index in [4.69, 9.17) is 0 Å². The van der Waals surface area contributed by atoms with Crippen molar-refractivity contribution in [1.82, 2.24) is 0 Å². The van der Waals surface area contributed by atoms with E-state index >= 15 is 0 Å². The first-order valence-corrected chi connectivity index (χ1v) is 7.82. The quantitative estimate of drug-likeness (QED) is 0.542. The zero-order valence-electron chi connectivity index (χ0n) is 13.7. The lowest BCUT2D eigenvalue weighted by molar-refractivity contribution is 0.867. The van der Waals surface area contributed by atoms with Crippen LogP contribution in [0.1, 0.15) is 37.8 Å². The van der Waals surface area contributed by atoms with Crippen LogP contribution in [-0.4, -0.2) is 0 Å². The fourth-order valence-electron chi connectivity index (χ4n) is 2.47. The van der Waals surface area contributed by atoms with Gasteiger partial charge < -0.3 is 0 Å². The summed E-state index contributed by atoms with van der Waals surface area (Å²) in [7, 11) is 0. The molecule has 0 aliphatic carbocycles. The predicted molar refractivity (Wildman–Crippen MR) is 99.0 cm³/mol. The van der Waals surface area contributed by atoms with Gasteiger partial charge in [-0.05, 0) is 40.7 Å². The molecule has 22 heavy (non-hydrogen) atoms. The molecule has 2 rings (SSSR count). The van der Waals surface area contributed by atoms with Crippen molar-refractivity contribution in [3.63, 3.8) is 0 Å². The second-order valence-electron chi connectivity index (χ2n) is 5.71. The van der Waals surface area contributed by atoms with Gasteiger partial charge in [-0.25, -0.2) is 0 Å². The van der Waals surface area contributed by atoms with Crippen LogP contribution >= 0.6 is 0 Å². The molecule has 0 atom stereocenters. The summed E-state index contributed by atoms with van der Waals surface area (Å²) in [5.41, 5.74) is 6.28. The Morgan fingerprint density at radius 1 is 0.909 bits per heavy atom.